The minimum absolute atomic E-state index is 0.624. The SMILES string of the molecule is c1ccc(N2CCCC(n3cccc3)C2)cc1. The van der Waals surface area contributed by atoms with Crippen molar-refractivity contribution in [3.05, 3.63) is 54.9 Å². The van der Waals surface area contributed by atoms with Crippen LogP contribution in [0.2, 0.25) is 0 Å². The molecule has 1 unspecified atom stereocenters. The number of aromatic nitrogens is 1. The van der Waals surface area contributed by atoms with E-state index in [1.165, 1.54) is 25.1 Å². The second-order valence-electron chi connectivity index (χ2n) is 4.71. The number of anilines is 1. The second-order valence-corrected chi connectivity index (χ2v) is 4.71. The van der Waals surface area contributed by atoms with Crippen LogP contribution in [0.15, 0.2) is 54.9 Å². The molecule has 3 rings (SSSR count). The summed E-state index contributed by atoms with van der Waals surface area (Å²) in [6.07, 6.45) is 6.92. The van der Waals surface area contributed by atoms with Crippen molar-refractivity contribution in [2.45, 2.75) is 18.9 Å². The molecule has 1 aliphatic heterocycles. The summed E-state index contributed by atoms with van der Waals surface area (Å²) in [4.78, 5) is 2.49. The highest BCUT2D eigenvalue weighted by molar-refractivity contribution is 5.46. The molecule has 0 N–H and O–H groups in total. The maximum Gasteiger partial charge on any atom is 0.0506 e. The Balaban J connectivity index is 1.76. The predicted molar refractivity (Wildman–Crippen MR) is 71.4 cm³/mol. The van der Waals surface area contributed by atoms with Crippen LogP contribution in [0.25, 0.3) is 0 Å². The molecule has 1 fully saturated rings. The molecular weight excluding hydrogens is 208 g/mol. The molecule has 88 valence electrons. The highest BCUT2D eigenvalue weighted by Gasteiger charge is 2.20. The number of rotatable bonds is 2. The van der Waals surface area contributed by atoms with Gasteiger partial charge in [-0.05, 0) is 37.1 Å². The van der Waals surface area contributed by atoms with Gasteiger partial charge in [0.2, 0.25) is 0 Å². The first kappa shape index (κ1) is 10.5. The summed E-state index contributed by atoms with van der Waals surface area (Å²) in [6, 6.07) is 15.6. The monoisotopic (exact) mass is 226 g/mol. The molecule has 2 heterocycles. The highest BCUT2D eigenvalue weighted by Crippen LogP contribution is 2.25. The molecule has 2 nitrogen and oxygen atoms in total. The first-order valence-electron chi connectivity index (χ1n) is 6.36. The Bertz CT molecular complexity index is 447. The van der Waals surface area contributed by atoms with Gasteiger partial charge in [0.15, 0.2) is 0 Å². The number of nitrogens with zero attached hydrogens (tertiary/aromatic N) is 2. The summed E-state index contributed by atoms with van der Waals surface area (Å²) in [6.45, 7) is 2.31. The Morgan fingerprint density at radius 3 is 2.47 bits per heavy atom. The third-order valence-electron chi connectivity index (χ3n) is 3.57. The Morgan fingerprint density at radius 1 is 0.941 bits per heavy atom. The molecule has 1 atom stereocenters. The van der Waals surface area contributed by atoms with Crippen molar-refractivity contribution < 1.29 is 0 Å². The van der Waals surface area contributed by atoms with E-state index in [-0.39, 0.29) is 0 Å². The Morgan fingerprint density at radius 2 is 1.71 bits per heavy atom. The van der Waals surface area contributed by atoms with Crippen molar-refractivity contribution in [3.8, 4) is 0 Å². The van der Waals surface area contributed by atoms with Crippen molar-refractivity contribution in [2.24, 2.45) is 0 Å². The van der Waals surface area contributed by atoms with Crippen LogP contribution < -0.4 is 4.90 Å². The van der Waals surface area contributed by atoms with Gasteiger partial charge in [0.25, 0.3) is 0 Å². The molecule has 0 aliphatic carbocycles. The van der Waals surface area contributed by atoms with Crippen LogP contribution in [-0.2, 0) is 0 Å². The predicted octanol–water partition coefficient (Wildman–Crippen LogP) is 3.33. The van der Waals surface area contributed by atoms with Crippen molar-refractivity contribution in [3.63, 3.8) is 0 Å². The van der Waals surface area contributed by atoms with Gasteiger partial charge in [-0.1, -0.05) is 18.2 Å². The van der Waals surface area contributed by atoms with Crippen LogP contribution in [-0.4, -0.2) is 17.7 Å². The van der Waals surface area contributed by atoms with E-state index in [1.54, 1.807) is 0 Å². The minimum Gasteiger partial charge on any atom is -0.369 e. The third kappa shape index (κ3) is 2.21. The number of hydrogen-bond donors (Lipinski definition) is 0. The van der Waals surface area contributed by atoms with Crippen LogP contribution >= 0.6 is 0 Å². The van der Waals surface area contributed by atoms with Crippen molar-refractivity contribution in [1.82, 2.24) is 4.57 Å². The Kier molecular flexibility index (Phi) is 2.87. The zero-order valence-corrected chi connectivity index (χ0v) is 10.00. The smallest absolute Gasteiger partial charge is 0.0506 e. The lowest BCUT2D eigenvalue weighted by atomic mass is 10.0. The molecule has 0 radical (unpaired) electrons. The van der Waals surface area contributed by atoms with Crippen LogP contribution in [0.4, 0.5) is 5.69 Å². The second kappa shape index (κ2) is 4.66. The molecule has 2 heteroatoms. The molecule has 1 aromatic carbocycles. The minimum atomic E-state index is 0.624. The fraction of sp³-hybridized carbons (Fsp3) is 0.333. The molecule has 1 aromatic heterocycles. The summed E-state index contributed by atoms with van der Waals surface area (Å²) in [5.74, 6) is 0. The zero-order chi connectivity index (χ0) is 11.5. The molecule has 0 spiro atoms. The van der Waals surface area contributed by atoms with Gasteiger partial charge in [0.1, 0.15) is 0 Å². The average molecular weight is 226 g/mol. The molecule has 1 saturated heterocycles. The average Bonchev–Trinajstić information content (AvgIpc) is 2.94. The van der Waals surface area contributed by atoms with Gasteiger partial charge in [-0.15, -0.1) is 0 Å². The van der Waals surface area contributed by atoms with Gasteiger partial charge in [-0.25, -0.2) is 0 Å². The highest BCUT2D eigenvalue weighted by atomic mass is 15.2. The van der Waals surface area contributed by atoms with Crippen molar-refractivity contribution >= 4 is 5.69 Å². The molecule has 0 amide bonds. The van der Waals surface area contributed by atoms with Gasteiger partial charge in [-0.3, -0.25) is 0 Å². The number of para-hydroxylation sites is 1. The van der Waals surface area contributed by atoms with Crippen molar-refractivity contribution in [1.29, 1.82) is 0 Å². The maximum absolute atomic E-state index is 2.49. The molecular formula is C15H18N2. The van der Waals surface area contributed by atoms with E-state index < -0.39 is 0 Å². The van der Waals surface area contributed by atoms with E-state index >= 15 is 0 Å². The van der Waals surface area contributed by atoms with Gasteiger partial charge < -0.3 is 9.47 Å². The lowest BCUT2D eigenvalue weighted by Gasteiger charge is -2.35. The third-order valence-corrected chi connectivity index (χ3v) is 3.57. The van der Waals surface area contributed by atoms with Crippen LogP contribution in [0.3, 0.4) is 0 Å². The zero-order valence-electron chi connectivity index (χ0n) is 10.00. The summed E-state index contributed by atoms with van der Waals surface area (Å²) >= 11 is 0. The quantitative estimate of drug-likeness (QED) is 0.762. The molecule has 2 aromatic rings. The van der Waals surface area contributed by atoms with Crippen LogP contribution in [0, 0.1) is 0 Å². The Labute approximate surface area is 102 Å². The van der Waals surface area contributed by atoms with Crippen LogP contribution in [0.1, 0.15) is 18.9 Å². The molecule has 0 saturated carbocycles. The Hall–Kier alpha value is -1.70. The van der Waals surface area contributed by atoms with E-state index in [4.69, 9.17) is 0 Å². The van der Waals surface area contributed by atoms with Crippen LogP contribution in [0.5, 0.6) is 0 Å². The van der Waals surface area contributed by atoms with E-state index in [1.807, 2.05) is 0 Å². The standard InChI is InChI=1S/C15H18N2/c1-2-7-14(8-3-1)17-12-6-9-15(13-17)16-10-4-5-11-16/h1-5,7-8,10-11,15H,6,9,12-13H2. The van der Waals surface area contributed by atoms with Gasteiger partial charge in [0.05, 0.1) is 6.04 Å². The van der Waals surface area contributed by atoms with Gasteiger partial charge in [-0.2, -0.15) is 0 Å². The van der Waals surface area contributed by atoms with E-state index in [9.17, 15) is 0 Å². The number of piperidine rings is 1. The topological polar surface area (TPSA) is 8.17 Å². The fourth-order valence-electron chi connectivity index (χ4n) is 2.66. The summed E-state index contributed by atoms with van der Waals surface area (Å²) in [7, 11) is 0. The van der Waals surface area contributed by atoms with E-state index in [0.717, 1.165) is 6.54 Å². The van der Waals surface area contributed by atoms with Gasteiger partial charge >= 0.3 is 0 Å². The molecule has 1 aliphatic rings. The normalized spacial score (nSPS) is 20.5. The van der Waals surface area contributed by atoms with Gasteiger partial charge in [0, 0.05) is 31.2 Å². The molecule has 0 bridgehead atoms. The number of benzene rings is 1. The maximum atomic E-state index is 2.49. The lowest BCUT2D eigenvalue weighted by Crippen LogP contribution is -2.36. The van der Waals surface area contributed by atoms with E-state index in [2.05, 4.69) is 64.3 Å². The fourth-order valence-corrected chi connectivity index (χ4v) is 2.66. The summed E-state index contributed by atoms with van der Waals surface area (Å²) in [5.41, 5.74) is 1.35. The first-order valence-corrected chi connectivity index (χ1v) is 6.36. The lowest BCUT2D eigenvalue weighted by molar-refractivity contribution is 0.406. The van der Waals surface area contributed by atoms with Crippen molar-refractivity contribution in [2.75, 3.05) is 18.0 Å². The largest absolute Gasteiger partial charge is 0.369 e. The first-order chi connectivity index (χ1) is 8.43. The molecule has 17 heavy (non-hydrogen) atoms. The van der Waals surface area contributed by atoms with E-state index in [0.29, 0.717) is 6.04 Å². The number of hydrogen-bond acceptors (Lipinski definition) is 1. The summed E-state index contributed by atoms with van der Waals surface area (Å²) < 4.78 is 2.34. The summed E-state index contributed by atoms with van der Waals surface area (Å²) in [5, 5.41) is 0.